The van der Waals surface area contributed by atoms with Crippen LogP contribution in [0.4, 0.5) is 19.7 Å². The molecule has 2 fully saturated rings. The molecule has 0 aliphatic carbocycles. The van der Waals surface area contributed by atoms with Crippen LogP contribution in [0.1, 0.15) is 82.1 Å². The molecule has 2 aliphatic rings. The van der Waals surface area contributed by atoms with Crippen molar-refractivity contribution in [3.63, 3.8) is 0 Å². The van der Waals surface area contributed by atoms with Crippen LogP contribution in [0.15, 0.2) is 94.0 Å². The van der Waals surface area contributed by atoms with Crippen LogP contribution in [0.25, 0.3) is 45.7 Å². The first-order chi connectivity index (χ1) is 37.2. The Kier molecular flexibility index (Phi) is 22.1. The van der Waals surface area contributed by atoms with Gasteiger partial charge < -0.3 is 48.5 Å². The van der Waals surface area contributed by atoms with E-state index in [4.69, 9.17) is 61.7 Å². The van der Waals surface area contributed by atoms with Gasteiger partial charge in [-0.1, -0.05) is 33.5 Å². The van der Waals surface area contributed by atoms with Gasteiger partial charge in [0, 0.05) is 59.5 Å². The van der Waals surface area contributed by atoms with E-state index in [0.717, 1.165) is 11.3 Å². The predicted octanol–water partition coefficient (Wildman–Crippen LogP) is 11.7. The zero-order valence-electron chi connectivity index (χ0n) is 46.6. The fraction of sp³-hybridized carbons (Fsp3) is 0.429. The lowest BCUT2D eigenvalue weighted by atomic mass is 10.1. The monoisotopic (exact) mass is 1170 g/mol. The van der Waals surface area contributed by atoms with Gasteiger partial charge in [-0.05, 0) is 161 Å². The van der Waals surface area contributed by atoms with Gasteiger partial charge in [-0.3, -0.25) is 9.80 Å². The molecule has 2 aromatic heterocycles. The van der Waals surface area contributed by atoms with Crippen LogP contribution in [0.5, 0.6) is 11.5 Å². The van der Waals surface area contributed by atoms with Crippen LogP contribution in [0, 0.1) is 5.82 Å². The molecule has 0 bridgehead atoms. The molecule has 2 saturated heterocycles. The van der Waals surface area contributed by atoms with Gasteiger partial charge in [0.1, 0.15) is 40.6 Å². The third-order valence-corrected chi connectivity index (χ3v) is 12.0. The molecule has 2 amide bonds. The average Bonchev–Trinajstić information content (AvgIpc) is 4.22. The Bertz CT molecular complexity index is 3040. The highest BCUT2D eigenvalue weighted by Crippen LogP contribution is 2.34. The maximum Gasteiger partial charge on any atom is 0.411 e. The molecule has 0 spiro atoms. The minimum atomic E-state index is -0.724. The van der Waals surface area contributed by atoms with Gasteiger partial charge >= 0.3 is 24.1 Å². The number of hydrogen-bond acceptors (Lipinski definition) is 18. The van der Waals surface area contributed by atoms with Crippen molar-refractivity contribution < 1.29 is 61.0 Å². The number of methoxy groups -OCH3 is 2. The summed E-state index contributed by atoms with van der Waals surface area (Å²) in [6.45, 7) is 19.0. The van der Waals surface area contributed by atoms with E-state index < -0.39 is 47.4 Å². The number of esters is 2. The lowest BCUT2D eigenvalue weighted by molar-refractivity contribution is -0.146. The van der Waals surface area contributed by atoms with Crippen LogP contribution in [0.2, 0.25) is 10.0 Å². The molecule has 4 atom stereocenters. The number of nitrogens with zero attached hydrogens (tertiary/aromatic N) is 6. The molecule has 0 radical (unpaired) electrons. The number of benzene rings is 4. The molecule has 80 heavy (non-hydrogen) atoms. The quantitative estimate of drug-likeness (QED) is 0.0854. The Morgan fingerprint density at radius 2 is 1.04 bits per heavy atom. The van der Waals surface area contributed by atoms with Crippen molar-refractivity contribution in [3.8, 4) is 57.2 Å². The van der Waals surface area contributed by atoms with E-state index in [0.29, 0.717) is 87.6 Å². The Morgan fingerprint density at radius 3 is 1.44 bits per heavy atom. The molecule has 2 aliphatic heterocycles. The largest absolute Gasteiger partial charge is 0.489 e. The van der Waals surface area contributed by atoms with E-state index in [1.807, 2.05) is 64.1 Å². The first kappa shape index (κ1) is 63.6. The van der Waals surface area contributed by atoms with Gasteiger partial charge in [0.25, 0.3) is 11.8 Å². The van der Waals surface area contributed by atoms with Gasteiger partial charge in [-0.2, -0.15) is 9.97 Å². The predicted molar refractivity (Wildman–Crippen MR) is 301 cm³/mol. The third kappa shape index (κ3) is 17.9. The van der Waals surface area contributed by atoms with Crippen molar-refractivity contribution in [2.45, 2.75) is 130 Å². The van der Waals surface area contributed by atoms with E-state index in [1.54, 1.807) is 77.9 Å². The maximum atomic E-state index is 13.0. The fourth-order valence-corrected chi connectivity index (χ4v) is 8.45. The average molecular weight is 1170 g/mol. The lowest BCUT2D eigenvalue weighted by Crippen LogP contribution is -2.44. The molecule has 4 heterocycles. The molecule has 3 N–H and O–H groups in total. The highest BCUT2D eigenvalue weighted by molar-refractivity contribution is 6.32. The van der Waals surface area contributed by atoms with E-state index in [1.165, 1.54) is 36.2 Å². The number of nitrogens with one attached hydrogen (secondary N) is 1. The van der Waals surface area contributed by atoms with Crippen LogP contribution in [-0.2, 0) is 28.5 Å². The maximum absolute atomic E-state index is 13.0. The lowest BCUT2D eigenvalue weighted by Gasteiger charge is -2.27. The Morgan fingerprint density at radius 1 is 0.637 bits per heavy atom. The standard InChI is InChI=1S/C28H33ClN4O6.C17H14ClFN2O2.C11H20N2O4.ClH/c1-16(2)37-23-12-9-18(13-21(23)29)24-31-25(39-32-24)17-7-10-19(11-8-17)30-20-14-22(26(34)36-6)33(15-20)27(35)38-28(3,4)5;1-10(2)22-15-8-5-12(9-14(15)18)16-20-17(23-21-16)11-3-6-13(19)7-4-11;1-11(2,3)17-10(15)13-6-7(12)5-8(13)9(14)16-4;/h7-13,16,20,22,30H,14-15H2,1-6H3;3-10H,1-2H3;7-8H,5-6,12H2,1-4H3;1H/t20-,22-;;7-,8-;/m1.1./s1. The highest BCUT2D eigenvalue weighted by atomic mass is 35.5. The molecular weight excluding hydrogens is 1100 g/mol. The molecular formula is C56H68Cl3FN8O12. The molecule has 8 rings (SSSR count). The van der Waals surface area contributed by atoms with Gasteiger partial charge in [-0.15, -0.1) is 12.4 Å². The number of hydrogen-bond donors (Lipinski definition) is 2. The summed E-state index contributed by atoms with van der Waals surface area (Å²) >= 11 is 12.6. The summed E-state index contributed by atoms with van der Waals surface area (Å²) in [5.41, 5.74) is 8.10. The van der Waals surface area contributed by atoms with Crippen LogP contribution in [-0.4, -0.2) is 129 Å². The van der Waals surface area contributed by atoms with Gasteiger partial charge in [0.05, 0.1) is 36.5 Å². The van der Waals surface area contributed by atoms with E-state index in [-0.39, 0.29) is 42.5 Å². The van der Waals surface area contributed by atoms with Crippen LogP contribution >= 0.6 is 35.6 Å². The number of carbonyl (C=O) groups excluding carboxylic acids is 4. The van der Waals surface area contributed by atoms with Crippen molar-refractivity contribution in [1.29, 1.82) is 0 Å². The first-order valence-corrected chi connectivity index (χ1v) is 26.1. The number of likely N-dealkylation sites (tertiary alicyclic amines) is 2. The van der Waals surface area contributed by atoms with Gasteiger partial charge in [-0.25, -0.2) is 23.6 Å². The van der Waals surface area contributed by atoms with Crippen molar-refractivity contribution in [1.82, 2.24) is 30.1 Å². The number of halogens is 4. The first-order valence-electron chi connectivity index (χ1n) is 25.3. The Hall–Kier alpha value is -7.20. The van der Waals surface area contributed by atoms with Crippen molar-refractivity contribution in [2.75, 3.05) is 32.6 Å². The van der Waals surface area contributed by atoms with Gasteiger partial charge in [0.15, 0.2) is 0 Å². The second-order valence-corrected chi connectivity index (χ2v) is 21.8. The Balaban J connectivity index is 0.000000243. The van der Waals surface area contributed by atoms with E-state index in [9.17, 15) is 23.6 Å². The molecule has 4 aromatic carbocycles. The van der Waals surface area contributed by atoms with E-state index >= 15 is 0 Å². The number of anilines is 1. The summed E-state index contributed by atoms with van der Waals surface area (Å²) in [6.07, 6.45) is -0.229. The van der Waals surface area contributed by atoms with Crippen molar-refractivity contribution in [3.05, 3.63) is 101 Å². The third-order valence-electron chi connectivity index (χ3n) is 11.4. The van der Waals surface area contributed by atoms with Crippen LogP contribution < -0.4 is 20.5 Å². The zero-order chi connectivity index (χ0) is 57.9. The topological polar surface area (TPSA) is 246 Å². The van der Waals surface area contributed by atoms with Gasteiger partial charge in [0.2, 0.25) is 11.6 Å². The number of amides is 2. The summed E-state index contributed by atoms with van der Waals surface area (Å²) in [4.78, 5) is 60.0. The number of carbonyl (C=O) groups is 4. The Labute approximate surface area is 480 Å². The number of rotatable bonds is 12. The summed E-state index contributed by atoms with van der Waals surface area (Å²) < 4.78 is 55.2. The molecule has 432 valence electrons. The molecule has 6 aromatic rings. The van der Waals surface area contributed by atoms with Crippen molar-refractivity contribution >= 4 is 65.4 Å². The molecule has 24 heteroatoms. The summed E-state index contributed by atoms with van der Waals surface area (Å²) in [7, 11) is 2.60. The smallest absolute Gasteiger partial charge is 0.411 e. The molecule has 0 saturated carbocycles. The summed E-state index contributed by atoms with van der Waals surface area (Å²) in [6, 6.07) is 22.2. The van der Waals surface area contributed by atoms with Crippen molar-refractivity contribution in [2.24, 2.45) is 5.73 Å². The second-order valence-electron chi connectivity index (χ2n) is 21.0. The molecule has 20 nitrogen and oxygen atoms in total. The minimum Gasteiger partial charge on any atom is -0.489 e. The zero-order valence-corrected chi connectivity index (χ0v) is 48.9. The highest BCUT2D eigenvalue weighted by Gasteiger charge is 2.43. The minimum absolute atomic E-state index is 0. The number of aromatic nitrogens is 4. The molecule has 0 unspecified atom stereocenters. The fourth-order valence-electron chi connectivity index (χ4n) is 8.00. The number of ether oxygens (including phenoxy) is 6. The summed E-state index contributed by atoms with van der Waals surface area (Å²) in [5, 5.41) is 12.4. The van der Waals surface area contributed by atoms with E-state index in [2.05, 4.69) is 30.3 Å². The summed E-state index contributed by atoms with van der Waals surface area (Å²) in [5.74, 6) is 1.44. The SMILES string of the molecule is CC(C)Oc1ccc(-c2noc(-c3ccc(F)cc3)n2)cc1Cl.COC(=O)[C@H]1C[C@@H](N)CN1C(=O)OC(C)(C)C.COC(=O)[C@H]1C[C@@H](Nc2ccc(-c3nc(-c4ccc(OC(C)C)c(Cl)c4)no3)cc2)CN1C(=O)OC(C)(C)C.Cl. The second kappa shape index (κ2) is 27.8. The number of nitrogens with two attached hydrogens (primary N) is 1. The van der Waals surface area contributed by atoms with Crippen LogP contribution in [0.3, 0.4) is 0 Å². The normalized spacial score (nSPS) is 16.8.